The molecule has 1 aromatic carbocycles. The van der Waals surface area contributed by atoms with E-state index in [4.69, 9.17) is 5.84 Å². The largest absolute Gasteiger partial charge is 0.346 e. The van der Waals surface area contributed by atoms with Crippen LogP contribution in [0.4, 0.5) is 5.69 Å². The van der Waals surface area contributed by atoms with Crippen molar-refractivity contribution in [3.05, 3.63) is 47.8 Å². The molecule has 0 saturated carbocycles. The van der Waals surface area contributed by atoms with Gasteiger partial charge in [-0.2, -0.15) is 5.10 Å². The molecule has 0 unspecified atom stereocenters. The summed E-state index contributed by atoms with van der Waals surface area (Å²) in [7, 11) is 1.83. The number of aryl methyl sites for hydroxylation is 1. The number of para-hydroxylation sites is 1. The van der Waals surface area contributed by atoms with Gasteiger partial charge in [0.05, 0.1) is 23.5 Å². The average molecular weight is 245 g/mol. The number of nitrogens with one attached hydrogen (secondary N) is 2. The predicted molar refractivity (Wildman–Crippen MR) is 68.6 cm³/mol. The second kappa shape index (κ2) is 5.33. The first-order valence-corrected chi connectivity index (χ1v) is 5.53. The molecule has 6 heteroatoms. The van der Waals surface area contributed by atoms with Crippen LogP contribution in [0.5, 0.6) is 0 Å². The topological polar surface area (TPSA) is 85.0 Å². The summed E-state index contributed by atoms with van der Waals surface area (Å²) in [6, 6.07) is 8.92. The van der Waals surface area contributed by atoms with E-state index in [1.165, 1.54) is 0 Å². The lowest BCUT2D eigenvalue weighted by atomic mass is 10.1. The zero-order chi connectivity index (χ0) is 13.0. The van der Waals surface area contributed by atoms with Crippen LogP contribution in [0, 0.1) is 0 Å². The first-order chi connectivity index (χ1) is 8.72. The summed E-state index contributed by atoms with van der Waals surface area (Å²) in [4.78, 5) is 12.0. The summed E-state index contributed by atoms with van der Waals surface area (Å²) >= 11 is 0. The molecule has 0 saturated heterocycles. The molecule has 2 rings (SSSR count). The highest BCUT2D eigenvalue weighted by molar-refractivity contribution is 5.99. The second-order valence-corrected chi connectivity index (χ2v) is 3.82. The number of nitrogens with two attached hydrogens (primary N) is 1. The van der Waals surface area contributed by atoms with Gasteiger partial charge in [0.1, 0.15) is 0 Å². The van der Waals surface area contributed by atoms with E-state index in [-0.39, 0.29) is 5.91 Å². The Hall–Kier alpha value is -2.34. The molecule has 0 aliphatic rings. The lowest BCUT2D eigenvalue weighted by molar-refractivity contribution is 0.0951. The van der Waals surface area contributed by atoms with Crippen molar-refractivity contribution in [1.82, 2.24) is 15.1 Å². The second-order valence-electron chi connectivity index (χ2n) is 3.82. The van der Waals surface area contributed by atoms with E-state index in [1.54, 1.807) is 29.1 Å². The highest BCUT2D eigenvalue weighted by Gasteiger charge is 2.10. The Morgan fingerprint density at radius 2 is 2.17 bits per heavy atom. The summed E-state index contributed by atoms with van der Waals surface area (Å²) in [5, 5.41) is 6.86. The van der Waals surface area contributed by atoms with Crippen LogP contribution in [0.3, 0.4) is 0 Å². The van der Waals surface area contributed by atoms with Gasteiger partial charge in [0.2, 0.25) is 0 Å². The van der Waals surface area contributed by atoms with Crippen LogP contribution in [0.1, 0.15) is 16.1 Å². The van der Waals surface area contributed by atoms with Crippen LogP contribution in [0.25, 0.3) is 0 Å². The predicted octanol–water partition coefficient (Wildman–Crippen LogP) is 0.636. The van der Waals surface area contributed by atoms with Crippen molar-refractivity contribution in [2.75, 3.05) is 5.43 Å². The van der Waals surface area contributed by atoms with Crippen LogP contribution in [-0.2, 0) is 13.6 Å². The molecule has 0 bridgehead atoms. The maximum Gasteiger partial charge on any atom is 0.253 e. The Kier molecular flexibility index (Phi) is 3.59. The summed E-state index contributed by atoms with van der Waals surface area (Å²) in [5.41, 5.74) is 4.55. The van der Waals surface area contributed by atoms with Gasteiger partial charge in [-0.25, -0.2) is 0 Å². The fraction of sp³-hybridized carbons (Fsp3) is 0.167. The van der Waals surface area contributed by atoms with Gasteiger partial charge < -0.3 is 10.7 Å². The van der Waals surface area contributed by atoms with E-state index in [2.05, 4.69) is 15.8 Å². The smallest absolute Gasteiger partial charge is 0.253 e. The zero-order valence-corrected chi connectivity index (χ0v) is 10.1. The van der Waals surface area contributed by atoms with Gasteiger partial charge in [-0.15, -0.1) is 0 Å². The Labute approximate surface area is 105 Å². The van der Waals surface area contributed by atoms with Crippen molar-refractivity contribution in [1.29, 1.82) is 0 Å². The number of hydrazine groups is 1. The maximum atomic E-state index is 12.0. The molecular weight excluding hydrogens is 230 g/mol. The molecular formula is C12H15N5O. The minimum atomic E-state index is -0.176. The fourth-order valence-electron chi connectivity index (χ4n) is 1.65. The normalized spacial score (nSPS) is 10.1. The molecule has 0 aliphatic carbocycles. The quantitative estimate of drug-likeness (QED) is 0.545. The summed E-state index contributed by atoms with van der Waals surface area (Å²) in [6.45, 7) is 0.425. The fourth-order valence-corrected chi connectivity index (χ4v) is 1.65. The molecule has 0 atom stereocenters. The third-order valence-electron chi connectivity index (χ3n) is 2.68. The number of rotatable bonds is 4. The molecule has 1 aromatic heterocycles. The first kappa shape index (κ1) is 12.1. The van der Waals surface area contributed by atoms with Crippen LogP contribution in [-0.4, -0.2) is 15.7 Å². The van der Waals surface area contributed by atoms with Gasteiger partial charge in [0.15, 0.2) is 0 Å². The van der Waals surface area contributed by atoms with Crippen molar-refractivity contribution in [2.45, 2.75) is 6.54 Å². The Bertz CT molecular complexity index is 549. The van der Waals surface area contributed by atoms with Crippen LogP contribution < -0.4 is 16.6 Å². The van der Waals surface area contributed by atoms with Gasteiger partial charge in [-0.05, 0) is 18.2 Å². The van der Waals surface area contributed by atoms with E-state index < -0.39 is 0 Å². The van der Waals surface area contributed by atoms with Crippen molar-refractivity contribution in [3.8, 4) is 0 Å². The average Bonchev–Trinajstić information content (AvgIpc) is 2.81. The number of nitrogen functional groups attached to an aromatic ring is 1. The summed E-state index contributed by atoms with van der Waals surface area (Å²) in [6.07, 6.45) is 1.69. The molecule has 1 heterocycles. The lowest BCUT2D eigenvalue weighted by Gasteiger charge is -2.09. The minimum absolute atomic E-state index is 0.176. The number of hydrogen-bond acceptors (Lipinski definition) is 4. The van der Waals surface area contributed by atoms with E-state index >= 15 is 0 Å². The van der Waals surface area contributed by atoms with Gasteiger partial charge in [0, 0.05) is 13.2 Å². The SMILES string of the molecule is Cn1nccc1CNC(=O)c1ccccc1NN. The third-order valence-corrected chi connectivity index (χ3v) is 2.68. The highest BCUT2D eigenvalue weighted by Crippen LogP contribution is 2.13. The summed E-state index contributed by atoms with van der Waals surface area (Å²) < 4.78 is 1.72. The number of aromatic nitrogens is 2. The minimum Gasteiger partial charge on any atom is -0.346 e. The molecule has 4 N–H and O–H groups in total. The Morgan fingerprint density at radius 3 is 2.83 bits per heavy atom. The van der Waals surface area contributed by atoms with E-state index in [9.17, 15) is 4.79 Å². The molecule has 0 aliphatic heterocycles. The number of anilines is 1. The lowest BCUT2D eigenvalue weighted by Crippen LogP contribution is -2.25. The van der Waals surface area contributed by atoms with Gasteiger partial charge in [0.25, 0.3) is 5.91 Å². The standard InChI is InChI=1S/C12H15N5O/c1-17-9(6-7-15-17)8-14-12(18)10-4-2-3-5-11(10)16-13/h2-7,16H,8,13H2,1H3,(H,14,18). The van der Waals surface area contributed by atoms with Crippen molar-refractivity contribution in [2.24, 2.45) is 12.9 Å². The number of carbonyl (C=O) groups excluding carboxylic acids is 1. The maximum absolute atomic E-state index is 12.0. The third kappa shape index (κ3) is 2.49. The molecule has 0 radical (unpaired) electrons. The number of nitrogens with zero attached hydrogens (tertiary/aromatic N) is 2. The first-order valence-electron chi connectivity index (χ1n) is 5.53. The van der Waals surface area contributed by atoms with Crippen LogP contribution >= 0.6 is 0 Å². The van der Waals surface area contributed by atoms with Crippen molar-refractivity contribution >= 4 is 11.6 Å². The molecule has 18 heavy (non-hydrogen) atoms. The Morgan fingerprint density at radius 1 is 1.39 bits per heavy atom. The molecule has 0 fully saturated rings. The number of benzene rings is 1. The summed E-state index contributed by atoms with van der Waals surface area (Å²) in [5.74, 6) is 5.18. The highest BCUT2D eigenvalue weighted by atomic mass is 16.1. The van der Waals surface area contributed by atoms with Gasteiger partial charge in [-0.3, -0.25) is 15.3 Å². The van der Waals surface area contributed by atoms with Crippen LogP contribution in [0.2, 0.25) is 0 Å². The van der Waals surface area contributed by atoms with Crippen molar-refractivity contribution in [3.63, 3.8) is 0 Å². The molecule has 1 amide bonds. The molecule has 94 valence electrons. The van der Waals surface area contributed by atoms with Crippen molar-refractivity contribution < 1.29 is 4.79 Å². The number of carbonyl (C=O) groups is 1. The van der Waals surface area contributed by atoms with E-state index in [1.807, 2.05) is 19.2 Å². The Balaban J connectivity index is 2.06. The van der Waals surface area contributed by atoms with Gasteiger partial charge >= 0.3 is 0 Å². The number of amides is 1. The molecule has 6 nitrogen and oxygen atoms in total. The van der Waals surface area contributed by atoms with Gasteiger partial charge in [-0.1, -0.05) is 12.1 Å². The monoisotopic (exact) mass is 245 g/mol. The van der Waals surface area contributed by atoms with E-state index in [0.29, 0.717) is 17.8 Å². The zero-order valence-electron chi connectivity index (χ0n) is 10.1. The van der Waals surface area contributed by atoms with E-state index in [0.717, 1.165) is 5.69 Å². The molecule has 2 aromatic rings. The van der Waals surface area contributed by atoms with Crippen LogP contribution in [0.15, 0.2) is 36.5 Å². The number of hydrogen-bond donors (Lipinski definition) is 3. The molecule has 0 spiro atoms.